The smallest absolute Gasteiger partial charge is 0.387 e. The van der Waals surface area contributed by atoms with E-state index < -0.39 is 16.6 Å². The standard InChI is InChI=1S/C15H14ClF2NO3S/c1-9-8-14(10(2)7-11(9)16)23(20,21)19-12-5-3-4-6-13(12)22-15(17)18/h3-8,15,19H,1-2H3. The second-order valence-corrected chi connectivity index (χ2v) is 6.91. The topological polar surface area (TPSA) is 55.4 Å². The minimum Gasteiger partial charge on any atom is -0.433 e. The second-order valence-electron chi connectivity index (χ2n) is 4.85. The van der Waals surface area contributed by atoms with E-state index in [0.717, 1.165) is 0 Å². The highest BCUT2D eigenvalue weighted by molar-refractivity contribution is 7.92. The van der Waals surface area contributed by atoms with Gasteiger partial charge in [0.2, 0.25) is 0 Å². The van der Waals surface area contributed by atoms with Crippen molar-refractivity contribution in [2.45, 2.75) is 25.4 Å². The van der Waals surface area contributed by atoms with Crippen LogP contribution in [0.5, 0.6) is 5.75 Å². The van der Waals surface area contributed by atoms with Crippen molar-refractivity contribution in [1.82, 2.24) is 0 Å². The Hall–Kier alpha value is -1.86. The lowest BCUT2D eigenvalue weighted by Crippen LogP contribution is -2.16. The molecule has 0 amide bonds. The molecule has 1 N–H and O–H groups in total. The number of hydrogen-bond donors (Lipinski definition) is 1. The fourth-order valence-corrected chi connectivity index (χ4v) is 3.59. The molecular formula is C15H14ClF2NO3S. The lowest BCUT2D eigenvalue weighted by Gasteiger charge is -2.15. The molecule has 0 saturated heterocycles. The van der Waals surface area contributed by atoms with Crippen molar-refractivity contribution in [3.8, 4) is 5.75 Å². The zero-order valence-electron chi connectivity index (χ0n) is 12.3. The Morgan fingerprint density at radius 3 is 2.43 bits per heavy atom. The van der Waals surface area contributed by atoms with Crippen LogP contribution in [0.4, 0.5) is 14.5 Å². The van der Waals surface area contributed by atoms with Crippen LogP contribution in [0.2, 0.25) is 5.02 Å². The summed E-state index contributed by atoms with van der Waals surface area (Å²) < 4.78 is 56.4. The summed E-state index contributed by atoms with van der Waals surface area (Å²) in [6, 6.07) is 8.53. The number of halogens is 3. The quantitative estimate of drug-likeness (QED) is 0.860. The van der Waals surface area contributed by atoms with Gasteiger partial charge in [-0.2, -0.15) is 8.78 Å². The molecule has 0 aliphatic rings. The number of nitrogens with one attached hydrogen (secondary N) is 1. The predicted octanol–water partition coefficient (Wildman–Crippen LogP) is 4.36. The highest BCUT2D eigenvalue weighted by Gasteiger charge is 2.20. The fraction of sp³-hybridized carbons (Fsp3) is 0.200. The van der Waals surface area contributed by atoms with Crippen LogP contribution in [-0.2, 0) is 10.0 Å². The molecule has 0 heterocycles. The summed E-state index contributed by atoms with van der Waals surface area (Å²) in [5.74, 6) is -0.255. The van der Waals surface area contributed by atoms with Crippen LogP contribution in [-0.4, -0.2) is 15.0 Å². The molecule has 2 aromatic carbocycles. The number of alkyl halides is 2. The molecule has 0 spiro atoms. The highest BCUT2D eigenvalue weighted by atomic mass is 35.5. The Balaban J connectivity index is 2.42. The largest absolute Gasteiger partial charge is 0.433 e. The Bertz CT molecular complexity index is 825. The molecule has 4 nitrogen and oxygen atoms in total. The maximum absolute atomic E-state index is 12.5. The van der Waals surface area contributed by atoms with Gasteiger partial charge in [-0.15, -0.1) is 0 Å². The Kier molecular flexibility index (Phi) is 5.11. The van der Waals surface area contributed by atoms with E-state index in [1.807, 2.05) is 0 Å². The molecule has 2 aromatic rings. The third-order valence-corrected chi connectivity index (χ3v) is 5.01. The predicted molar refractivity (Wildman–Crippen MR) is 84.8 cm³/mol. The summed E-state index contributed by atoms with van der Waals surface area (Å²) >= 11 is 5.96. The van der Waals surface area contributed by atoms with E-state index in [0.29, 0.717) is 16.1 Å². The van der Waals surface area contributed by atoms with Crippen molar-refractivity contribution in [2.75, 3.05) is 4.72 Å². The number of hydrogen-bond acceptors (Lipinski definition) is 3. The molecule has 0 radical (unpaired) electrons. The fourth-order valence-electron chi connectivity index (χ4n) is 1.99. The first-order valence-electron chi connectivity index (χ1n) is 6.54. The van der Waals surface area contributed by atoms with E-state index in [2.05, 4.69) is 9.46 Å². The van der Waals surface area contributed by atoms with Gasteiger partial charge in [0.15, 0.2) is 0 Å². The molecule has 8 heteroatoms. The van der Waals surface area contributed by atoms with Gasteiger partial charge in [0.05, 0.1) is 10.6 Å². The van der Waals surface area contributed by atoms with Crippen LogP contribution in [0, 0.1) is 13.8 Å². The van der Waals surface area contributed by atoms with Crippen molar-refractivity contribution in [3.63, 3.8) is 0 Å². The molecule has 0 saturated carbocycles. The van der Waals surface area contributed by atoms with Gasteiger partial charge in [0.1, 0.15) is 5.75 Å². The summed E-state index contributed by atoms with van der Waals surface area (Å²) in [6.45, 7) is 0.218. The van der Waals surface area contributed by atoms with E-state index >= 15 is 0 Å². The van der Waals surface area contributed by atoms with E-state index in [1.54, 1.807) is 13.8 Å². The van der Waals surface area contributed by atoms with Gasteiger partial charge in [-0.05, 0) is 49.2 Å². The zero-order chi connectivity index (χ0) is 17.2. The van der Waals surface area contributed by atoms with Gasteiger partial charge in [0.25, 0.3) is 10.0 Å². The SMILES string of the molecule is Cc1cc(S(=O)(=O)Nc2ccccc2OC(F)F)c(C)cc1Cl. The Morgan fingerprint density at radius 2 is 1.78 bits per heavy atom. The molecule has 23 heavy (non-hydrogen) atoms. The molecule has 2 rings (SSSR count). The van der Waals surface area contributed by atoms with Gasteiger partial charge in [-0.1, -0.05) is 23.7 Å². The third-order valence-electron chi connectivity index (χ3n) is 3.09. The van der Waals surface area contributed by atoms with Crippen molar-refractivity contribution in [1.29, 1.82) is 0 Å². The molecule has 0 fully saturated rings. The van der Waals surface area contributed by atoms with Crippen LogP contribution in [0.15, 0.2) is 41.3 Å². The van der Waals surface area contributed by atoms with Crippen molar-refractivity contribution in [2.24, 2.45) is 0 Å². The maximum atomic E-state index is 12.5. The summed E-state index contributed by atoms with van der Waals surface area (Å²) in [4.78, 5) is 0.0197. The first kappa shape index (κ1) is 17.5. The molecule has 0 unspecified atom stereocenters. The van der Waals surface area contributed by atoms with Gasteiger partial charge < -0.3 is 4.74 Å². The van der Waals surface area contributed by atoms with Gasteiger partial charge >= 0.3 is 6.61 Å². The average molecular weight is 362 g/mol. The molecular weight excluding hydrogens is 348 g/mol. The number of rotatable bonds is 5. The lowest BCUT2D eigenvalue weighted by molar-refractivity contribution is -0.0493. The van der Waals surface area contributed by atoms with Gasteiger partial charge in [-0.3, -0.25) is 4.72 Å². The summed E-state index contributed by atoms with van der Waals surface area (Å²) in [6.07, 6.45) is 0. The Labute approximate surface area is 138 Å². The Morgan fingerprint density at radius 1 is 1.13 bits per heavy atom. The molecule has 0 bridgehead atoms. The zero-order valence-corrected chi connectivity index (χ0v) is 13.9. The van der Waals surface area contributed by atoms with Crippen LogP contribution in [0.3, 0.4) is 0 Å². The van der Waals surface area contributed by atoms with Crippen molar-refractivity contribution >= 4 is 27.3 Å². The first-order chi connectivity index (χ1) is 10.7. The second kappa shape index (κ2) is 6.72. The number of benzene rings is 2. The molecule has 0 aliphatic heterocycles. The maximum Gasteiger partial charge on any atom is 0.387 e. The van der Waals surface area contributed by atoms with E-state index in [-0.39, 0.29) is 16.3 Å². The number of anilines is 1. The monoisotopic (exact) mass is 361 g/mol. The number of aryl methyl sites for hydroxylation is 2. The summed E-state index contributed by atoms with van der Waals surface area (Å²) in [5.41, 5.74) is 0.968. The van der Waals surface area contributed by atoms with Crippen molar-refractivity contribution < 1.29 is 21.9 Å². The third kappa shape index (κ3) is 4.11. The average Bonchev–Trinajstić information content (AvgIpc) is 2.44. The number of ether oxygens (including phenoxy) is 1. The van der Waals surface area contributed by atoms with Crippen LogP contribution >= 0.6 is 11.6 Å². The molecule has 0 aromatic heterocycles. The lowest BCUT2D eigenvalue weighted by atomic mass is 10.2. The van der Waals surface area contributed by atoms with E-state index in [9.17, 15) is 17.2 Å². The minimum atomic E-state index is -3.98. The molecule has 0 atom stereocenters. The first-order valence-corrected chi connectivity index (χ1v) is 8.40. The van der Waals surface area contributed by atoms with Gasteiger partial charge in [-0.25, -0.2) is 8.42 Å². The van der Waals surface area contributed by atoms with Gasteiger partial charge in [0, 0.05) is 5.02 Å². The minimum absolute atomic E-state index is 0.0197. The van der Waals surface area contributed by atoms with Crippen molar-refractivity contribution in [3.05, 3.63) is 52.5 Å². The number of para-hydroxylation sites is 2. The van der Waals surface area contributed by atoms with Crippen LogP contribution in [0.1, 0.15) is 11.1 Å². The summed E-state index contributed by atoms with van der Waals surface area (Å²) in [7, 11) is -3.98. The van der Waals surface area contributed by atoms with E-state index in [4.69, 9.17) is 11.6 Å². The molecule has 124 valence electrons. The van der Waals surface area contributed by atoms with Crippen LogP contribution < -0.4 is 9.46 Å². The normalized spacial score (nSPS) is 11.6. The van der Waals surface area contributed by atoms with Crippen LogP contribution in [0.25, 0.3) is 0 Å². The molecule has 0 aliphatic carbocycles. The van der Waals surface area contributed by atoms with E-state index in [1.165, 1.54) is 36.4 Å². The summed E-state index contributed by atoms with van der Waals surface area (Å²) in [5, 5.41) is 0.447. The highest BCUT2D eigenvalue weighted by Crippen LogP contribution is 2.30. The number of sulfonamides is 1.